The van der Waals surface area contributed by atoms with E-state index in [-0.39, 0.29) is 11.3 Å². The first-order valence-corrected chi connectivity index (χ1v) is 8.52. The van der Waals surface area contributed by atoms with Crippen molar-refractivity contribution in [3.8, 4) is 0 Å². The standard InChI is InChI=1S/C17H32N2O2/c1-4-5-16(10-11-18-12-16)14(20)19-13-17(21)8-6-15(2,3)7-9-17/h18,21H,4-13H2,1-3H3,(H,19,20). The summed E-state index contributed by atoms with van der Waals surface area (Å²) < 4.78 is 0. The van der Waals surface area contributed by atoms with E-state index in [2.05, 4.69) is 31.4 Å². The van der Waals surface area contributed by atoms with E-state index in [9.17, 15) is 9.90 Å². The van der Waals surface area contributed by atoms with Gasteiger partial charge in [-0.05, 0) is 50.5 Å². The van der Waals surface area contributed by atoms with E-state index in [1.54, 1.807) is 0 Å². The molecule has 0 aromatic carbocycles. The zero-order chi connectivity index (χ0) is 15.6. The van der Waals surface area contributed by atoms with Gasteiger partial charge < -0.3 is 15.7 Å². The molecule has 1 amide bonds. The van der Waals surface area contributed by atoms with Gasteiger partial charge in [0.15, 0.2) is 0 Å². The van der Waals surface area contributed by atoms with Crippen LogP contribution in [0.25, 0.3) is 0 Å². The summed E-state index contributed by atoms with van der Waals surface area (Å²) in [5.74, 6) is 0.132. The predicted molar refractivity (Wildman–Crippen MR) is 85.0 cm³/mol. The van der Waals surface area contributed by atoms with Crippen LogP contribution in [0.4, 0.5) is 0 Å². The Morgan fingerprint density at radius 1 is 1.19 bits per heavy atom. The van der Waals surface area contributed by atoms with Crippen LogP contribution in [0.5, 0.6) is 0 Å². The molecule has 2 rings (SSSR count). The van der Waals surface area contributed by atoms with E-state index in [4.69, 9.17) is 0 Å². The molecule has 3 N–H and O–H groups in total. The Labute approximate surface area is 129 Å². The molecule has 0 radical (unpaired) electrons. The van der Waals surface area contributed by atoms with Crippen molar-refractivity contribution in [1.29, 1.82) is 0 Å². The molecule has 1 saturated carbocycles. The molecule has 4 nitrogen and oxygen atoms in total. The second-order valence-electron chi connectivity index (χ2n) is 8.03. The lowest BCUT2D eigenvalue weighted by Crippen LogP contribution is -2.51. The highest BCUT2D eigenvalue weighted by Gasteiger charge is 2.42. The minimum absolute atomic E-state index is 0.132. The number of hydrogen-bond acceptors (Lipinski definition) is 3. The Bertz CT molecular complexity index is 363. The zero-order valence-corrected chi connectivity index (χ0v) is 13.9. The van der Waals surface area contributed by atoms with Gasteiger partial charge in [-0.3, -0.25) is 4.79 Å². The monoisotopic (exact) mass is 296 g/mol. The molecule has 2 aliphatic rings. The molecule has 1 aliphatic heterocycles. The topological polar surface area (TPSA) is 61.4 Å². The summed E-state index contributed by atoms with van der Waals surface area (Å²) in [5.41, 5.74) is -0.626. The maximum absolute atomic E-state index is 12.6. The molecule has 122 valence electrons. The van der Waals surface area contributed by atoms with Gasteiger partial charge in [0.25, 0.3) is 0 Å². The van der Waals surface area contributed by atoms with Gasteiger partial charge in [0.2, 0.25) is 5.91 Å². The van der Waals surface area contributed by atoms with Gasteiger partial charge >= 0.3 is 0 Å². The molecule has 1 atom stereocenters. The van der Waals surface area contributed by atoms with Gasteiger partial charge in [-0.1, -0.05) is 27.2 Å². The molecule has 1 saturated heterocycles. The molecule has 0 bridgehead atoms. The summed E-state index contributed by atoms with van der Waals surface area (Å²) in [5, 5.41) is 17.1. The summed E-state index contributed by atoms with van der Waals surface area (Å²) in [6.07, 6.45) is 6.50. The van der Waals surface area contributed by atoms with Crippen molar-refractivity contribution in [1.82, 2.24) is 10.6 Å². The second-order valence-corrected chi connectivity index (χ2v) is 8.03. The van der Waals surface area contributed by atoms with E-state index in [0.29, 0.717) is 12.0 Å². The molecule has 2 fully saturated rings. The summed E-state index contributed by atoms with van der Waals surface area (Å²) in [6, 6.07) is 0. The van der Waals surface area contributed by atoms with Crippen LogP contribution in [-0.2, 0) is 4.79 Å². The third kappa shape index (κ3) is 3.98. The van der Waals surface area contributed by atoms with E-state index in [0.717, 1.165) is 58.0 Å². The molecule has 0 aromatic heterocycles. The van der Waals surface area contributed by atoms with Crippen LogP contribution in [0.15, 0.2) is 0 Å². The highest BCUT2D eigenvalue weighted by atomic mass is 16.3. The number of aliphatic hydroxyl groups is 1. The summed E-state index contributed by atoms with van der Waals surface area (Å²) in [7, 11) is 0. The Hall–Kier alpha value is -0.610. The maximum atomic E-state index is 12.6. The fourth-order valence-corrected chi connectivity index (χ4v) is 3.74. The molecule has 0 spiro atoms. The Balaban J connectivity index is 1.88. The fraction of sp³-hybridized carbons (Fsp3) is 0.941. The summed E-state index contributed by atoms with van der Waals surface area (Å²) >= 11 is 0. The van der Waals surface area contributed by atoms with Crippen molar-refractivity contribution < 1.29 is 9.90 Å². The molecule has 1 aliphatic carbocycles. The van der Waals surface area contributed by atoms with Crippen molar-refractivity contribution in [3.05, 3.63) is 0 Å². The largest absolute Gasteiger partial charge is 0.388 e. The third-order valence-electron chi connectivity index (χ3n) is 5.57. The molecule has 1 unspecified atom stereocenters. The number of hydrogen-bond donors (Lipinski definition) is 3. The lowest BCUT2D eigenvalue weighted by Gasteiger charge is -2.40. The minimum atomic E-state index is -0.704. The third-order valence-corrected chi connectivity index (χ3v) is 5.57. The number of carbonyl (C=O) groups is 1. The lowest BCUT2D eigenvalue weighted by atomic mass is 9.71. The SMILES string of the molecule is CCCC1(C(=O)NCC2(O)CCC(C)(C)CC2)CCNC1. The summed E-state index contributed by atoms with van der Waals surface area (Å²) in [4.78, 5) is 12.6. The highest BCUT2D eigenvalue weighted by molar-refractivity contribution is 5.83. The van der Waals surface area contributed by atoms with Crippen LogP contribution in [0.1, 0.15) is 65.7 Å². The Morgan fingerprint density at radius 3 is 2.38 bits per heavy atom. The van der Waals surface area contributed by atoms with Crippen molar-refractivity contribution in [2.75, 3.05) is 19.6 Å². The van der Waals surface area contributed by atoms with Gasteiger partial charge in [0.05, 0.1) is 11.0 Å². The van der Waals surface area contributed by atoms with Crippen LogP contribution in [0.2, 0.25) is 0 Å². The maximum Gasteiger partial charge on any atom is 0.227 e. The van der Waals surface area contributed by atoms with Crippen LogP contribution in [0.3, 0.4) is 0 Å². The molecule has 0 aromatic rings. The van der Waals surface area contributed by atoms with Crippen molar-refractivity contribution in [2.24, 2.45) is 10.8 Å². The van der Waals surface area contributed by atoms with Crippen molar-refractivity contribution in [3.63, 3.8) is 0 Å². The van der Waals surface area contributed by atoms with Crippen molar-refractivity contribution >= 4 is 5.91 Å². The van der Waals surface area contributed by atoms with Gasteiger partial charge in [-0.15, -0.1) is 0 Å². The van der Waals surface area contributed by atoms with Gasteiger partial charge in [-0.2, -0.15) is 0 Å². The van der Waals surface area contributed by atoms with E-state index in [1.807, 2.05) is 0 Å². The number of rotatable bonds is 5. The number of nitrogens with one attached hydrogen (secondary N) is 2. The average molecular weight is 296 g/mol. The Kier molecular flexibility index (Phi) is 4.99. The molecule has 4 heteroatoms. The van der Waals surface area contributed by atoms with Crippen LogP contribution in [-0.4, -0.2) is 36.2 Å². The predicted octanol–water partition coefficient (Wildman–Crippen LogP) is 2.21. The number of carbonyl (C=O) groups excluding carboxylic acids is 1. The highest BCUT2D eigenvalue weighted by Crippen LogP contribution is 2.40. The van der Waals surface area contributed by atoms with E-state index < -0.39 is 5.60 Å². The quantitative estimate of drug-likeness (QED) is 0.729. The smallest absolute Gasteiger partial charge is 0.227 e. The van der Waals surface area contributed by atoms with Gasteiger partial charge in [-0.25, -0.2) is 0 Å². The van der Waals surface area contributed by atoms with Crippen molar-refractivity contribution in [2.45, 2.75) is 71.3 Å². The van der Waals surface area contributed by atoms with Gasteiger partial charge in [0.1, 0.15) is 0 Å². The molecular formula is C17H32N2O2. The molecule has 1 heterocycles. The molecular weight excluding hydrogens is 264 g/mol. The summed E-state index contributed by atoms with van der Waals surface area (Å²) in [6.45, 7) is 8.75. The first kappa shape index (κ1) is 16.8. The van der Waals surface area contributed by atoms with Gasteiger partial charge in [0, 0.05) is 13.1 Å². The van der Waals surface area contributed by atoms with E-state index in [1.165, 1.54) is 0 Å². The lowest BCUT2D eigenvalue weighted by molar-refractivity contribution is -0.132. The normalized spacial score (nSPS) is 31.0. The second kappa shape index (κ2) is 6.25. The van der Waals surface area contributed by atoms with Crippen LogP contribution >= 0.6 is 0 Å². The zero-order valence-electron chi connectivity index (χ0n) is 13.9. The fourth-order valence-electron chi connectivity index (χ4n) is 3.74. The minimum Gasteiger partial charge on any atom is -0.388 e. The first-order chi connectivity index (χ1) is 9.81. The molecule has 21 heavy (non-hydrogen) atoms. The van der Waals surface area contributed by atoms with E-state index >= 15 is 0 Å². The first-order valence-electron chi connectivity index (χ1n) is 8.52. The Morgan fingerprint density at radius 2 is 1.86 bits per heavy atom. The van der Waals surface area contributed by atoms with Crippen LogP contribution in [0, 0.1) is 10.8 Å². The average Bonchev–Trinajstić information content (AvgIpc) is 2.91. The number of amides is 1. The van der Waals surface area contributed by atoms with Crippen LogP contribution < -0.4 is 10.6 Å².